The van der Waals surface area contributed by atoms with Gasteiger partial charge in [0.15, 0.2) is 0 Å². The van der Waals surface area contributed by atoms with Crippen molar-refractivity contribution in [3.63, 3.8) is 0 Å². The van der Waals surface area contributed by atoms with Crippen molar-refractivity contribution in [2.45, 2.75) is 38.5 Å². The summed E-state index contributed by atoms with van der Waals surface area (Å²) in [5, 5.41) is 0. The van der Waals surface area contributed by atoms with Gasteiger partial charge < -0.3 is 0 Å². The first-order chi connectivity index (χ1) is 3.95. The fourth-order valence-electron chi connectivity index (χ4n) is 2.40. The predicted molar refractivity (Wildman–Crippen MR) is 49.2 cm³/mol. The zero-order chi connectivity index (χ0) is 5.40. The van der Waals surface area contributed by atoms with Gasteiger partial charge in [-0.1, -0.05) is 32.1 Å². The zero-order valence-electron chi connectivity index (χ0n) is 6.21. The summed E-state index contributed by atoms with van der Waals surface area (Å²) in [6.45, 7) is 0. The van der Waals surface area contributed by atoms with Gasteiger partial charge in [-0.3, -0.25) is 0 Å². The Kier molecular flexibility index (Phi) is 4.71. The van der Waals surface area contributed by atoms with Crippen LogP contribution in [0.25, 0.3) is 0 Å². The smallest absolute Gasteiger partial charge is 0.0412 e. The first-order valence-electron chi connectivity index (χ1n) is 3.95. The third-order valence-electron chi connectivity index (χ3n) is 2.87. The van der Waals surface area contributed by atoms with Crippen molar-refractivity contribution in [2.24, 2.45) is 11.8 Å². The number of halogens is 2. The quantitative estimate of drug-likeness (QED) is 0.539. The molecule has 2 bridgehead atoms. The Hall–Kier alpha value is 0.580. The third-order valence-corrected chi connectivity index (χ3v) is 2.87. The molecule has 0 aliphatic heterocycles. The van der Waals surface area contributed by atoms with Gasteiger partial charge in [0, 0.05) is 0 Å². The van der Waals surface area contributed by atoms with Crippen LogP contribution in [0.15, 0.2) is 0 Å². The van der Waals surface area contributed by atoms with Crippen LogP contribution in [0, 0.1) is 11.8 Å². The Morgan fingerprint density at radius 1 is 0.700 bits per heavy atom. The lowest BCUT2D eigenvalue weighted by molar-refractivity contribution is 0.359. The maximum atomic E-state index is 1.58. The minimum Gasteiger partial charge on any atom is -0.147 e. The fraction of sp³-hybridized carbons (Fsp3) is 1.00. The maximum Gasteiger partial charge on any atom is -0.0412 e. The van der Waals surface area contributed by atoms with E-state index in [1.165, 1.54) is 6.42 Å². The molecule has 2 unspecified atom stereocenters. The van der Waals surface area contributed by atoms with E-state index >= 15 is 0 Å². The van der Waals surface area contributed by atoms with E-state index in [1.807, 2.05) is 0 Å². The molecule has 0 spiro atoms. The number of hydrogen-bond donors (Lipinski definition) is 0. The first kappa shape index (κ1) is 10.6. The van der Waals surface area contributed by atoms with Gasteiger partial charge in [-0.15, -0.1) is 24.8 Å². The molecule has 0 amide bonds. The largest absolute Gasteiger partial charge is 0.147 e. The molecule has 0 aromatic carbocycles. The summed E-state index contributed by atoms with van der Waals surface area (Å²) in [5.74, 6) is 2.32. The second-order valence-corrected chi connectivity index (χ2v) is 3.48. The summed E-state index contributed by atoms with van der Waals surface area (Å²) in [6, 6.07) is 0. The van der Waals surface area contributed by atoms with Crippen LogP contribution in [0.5, 0.6) is 0 Å². The average molecular weight is 183 g/mol. The average Bonchev–Trinajstić information content (AvgIpc) is 2.12. The predicted octanol–water partition coefficient (Wildman–Crippen LogP) is 3.43. The minimum atomic E-state index is 0. The van der Waals surface area contributed by atoms with Gasteiger partial charge in [-0.2, -0.15) is 0 Å². The highest BCUT2D eigenvalue weighted by atomic mass is 35.5. The molecule has 2 rings (SSSR count). The topological polar surface area (TPSA) is 0 Å². The Balaban J connectivity index is 0.000000405. The van der Waals surface area contributed by atoms with Crippen molar-refractivity contribution in [3.8, 4) is 0 Å². The summed E-state index contributed by atoms with van der Waals surface area (Å²) in [7, 11) is 0. The second kappa shape index (κ2) is 4.46. The standard InChI is InChI=1S/C8H14.2ClH/c1-2-7-4-5-8(3-1)6-7;;/h7-8H,1-6H2;2*1H. The SMILES string of the molecule is C1CC2CCC(C1)C2.Cl.Cl. The van der Waals surface area contributed by atoms with Crippen LogP contribution < -0.4 is 0 Å². The van der Waals surface area contributed by atoms with Gasteiger partial charge in [-0.25, -0.2) is 0 Å². The summed E-state index contributed by atoms with van der Waals surface area (Å²) < 4.78 is 0. The Morgan fingerprint density at radius 2 is 1.20 bits per heavy atom. The van der Waals surface area contributed by atoms with Gasteiger partial charge in [0.05, 0.1) is 0 Å². The van der Waals surface area contributed by atoms with Crippen LogP contribution in [0.1, 0.15) is 38.5 Å². The summed E-state index contributed by atoms with van der Waals surface area (Å²) in [5.41, 5.74) is 0. The molecular weight excluding hydrogens is 167 g/mol. The highest BCUT2D eigenvalue weighted by Crippen LogP contribution is 2.41. The van der Waals surface area contributed by atoms with Crippen molar-refractivity contribution < 1.29 is 0 Å². The van der Waals surface area contributed by atoms with Crippen molar-refractivity contribution in [3.05, 3.63) is 0 Å². The van der Waals surface area contributed by atoms with E-state index in [2.05, 4.69) is 0 Å². The summed E-state index contributed by atoms with van der Waals surface area (Å²) >= 11 is 0. The van der Waals surface area contributed by atoms with Crippen molar-refractivity contribution >= 4 is 24.8 Å². The lowest BCUT2D eigenvalue weighted by atomic mass is 9.89. The molecule has 0 radical (unpaired) electrons. The van der Waals surface area contributed by atoms with Crippen molar-refractivity contribution in [1.82, 2.24) is 0 Å². The van der Waals surface area contributed by atoms with Gasteiger partial charge in [0.2, 0.25) is 0 Å². The van der Waals surface area contributed by atoms with Crippen LogP contribution in [0.3, 0.4) is 0 Å². The molecule has 2 saturated carbocycles. The van der Waals surface area contributed by atoms with E-state index in [-0.39, 0.29) is 24.8 Å². The molecule has 0 heterocycles. The highest BCUT2D eigenvalue weighted by Gasteiger charge is 2.27. The molecule has 10 heavy (non-hydrogen) atoms. The zero-order valence-corrected chi connectivity index (χ0v) is 7.85. The van der Waals surface area contributed by atoms with Crippen LogP contribution in [-0.4, -0.2) is 0 Å². The molecule has 2 aliphatic rings. The lowest BCUT2D eigenvalue weighted by Crippen LogP contribution is -2.03. The van der Waals surface area contributed by atoms with E-state index in [0.29, 0.717) is 0 Å². The van der Waals surface area contributed by atoms with Crippen LogP contribution >= 0.6 is 24.8 Å². The normalized spacial score (nSPS) is 36.0. The number of hydrogen-bond acceptors (Lipinski definition) is 0. The van der Waals surface area contributed by atoms with Crippen LogP contribution in [0.4, 0.5) is 0 Å². The van der Waals surface area contributed by atoms with Crippen LogP contribution in [0.2, 0.25) is 0 Å². The molecular formula is C8H16Cl2. The molecule has 0 aromatic rings. The van der Waals surface area contributed by atoms with E-state index < -0.39 is 0 Å². The molecule has 2 atom stereocenters. The van der Waals surface area contributed by atoms with Gasteiger partial charge in [-0.05, 0) is 18.3 Å². The molecule has 0 nitrogen and oxygen atoms in total. The summed E-state index contributed by atoms with van der Waals surface area (Å²) in [6.07, 6.45) is 9.34. The molecule has 2 heteroatoms. The van der Waals surface area contributed by atoms with E-state index in [4.69, 9.17) is 0 Å². The molecule has 2 aliphatic carbocycles. The molecule has 0 N–H and O–H groups in total. The van der Waals surface area contributed by atoms with E-state index in [9.17, 15) is 0 Å². The third kappa shape index (κ3) is 2.03. The highest BCUT2D eigenvalue weighted by molar-refractivity contribution is 5.85. The van der Waals surface area contributed by atoms with Gasteiger partial charge >= 0.3 is 0 Å². The maximum absolute atomic E-state index is 1.58. The monoisotopic (exact) mass is 182 g/mol. The van der Waals surface area contributed by atoms with Gasteiger partial charge in [0.1, 0.15) is 0 Å². The van der Waals surface area contributed by atoms with Gasteiger partial charge in [0.25, 0.3) is 0 Å². The molecule has 62 valence electrons. The van der Waals surface area contributed by atoms with Crippen molar-refractivity contribution in [1.29, 1.82) is 0 Å². The van der Waals surface area contributed by atoms with E-state index in [1.54, 1.807) is 32.1 Å². The van der Waals surface area contributed by atoms with Crippen molar-refractivity contribution in [2.75, 3.05) is 0 Å². The summed E-state index contributed by atoms with van der Waals surface area (Å²) in [4.78, 5) is 0. The Labute approximate surface area is 75.6 Å². The molecule has 2 fully saturated rings. The number of rotatable bonds is 0. The fourth-order valence-corrected chi connectivity index (χ4v) is 2.40. The molecule has 0 saturated heterocycles. The Morgan fingerprint density at radius 3 is 1.60 bits per heavy atom. The van der Waals surface area contributed by atoms with Crippen LogP contribution in [-0.2, 0) is 0 Å². The lowest BCUT2D eigenvalue weighted by Gasteiger charge is -2.16. The minimum absolute atomic E-state index is 0. The molecule has 0 aromatic heterocycles. The number of fused-ring (bicyclic) bond motifs is 2. The van der Waals surface area contributed by atoms with E-state index in [0.717, 1.165) is 11.8 Å². The second-order valence-electron chi connectivity index (χ2n) is 3.48. The first-order valence-corrected chi connectivity index (χ1v) is 3.95. The Bertz CT molecular complexity index is 79.3.